The number of carboxylic acids is 2. The van der Waals surface area contributed by atoms with Crippen LogP contribution in [0.3, 0.4) is 0 Å². The molecule has 1 atom stereocenters. The van der Waals surface area contributed by atoms with Crippen LogP contribution >= 0.6 is 0 Å². The van der Waals surface area contributed by atoms with Gasteiger partial charge in [0, 0.05) is 23.2 Å². The van der Waals surface area contributed by atoms with Gasteiger partial charge in [0.15, 0.2) is 0 Å². The van der Waals surface area contributed by atoms with Gasteiger partial charge in [0.1, 0.15) is 11.6 Å². The fraction of sp³-hybridized carbons (Fsp3) is 0.214. The van der Waals surface area contributed by atoms with Crippen molar-refractivity contribution < 1.29 is 24.2 Å². The molecule has 0 aliphatic rings. The number of benzene rings is 1. The second-order valence-electron chi connectivity index (χ2n) is 4.55. The smallest absolute Gasteiger partial charge is 0.336 e. The Balaban J connectivity index is 0.000000239. The van der Waals surface area contributed by atoms with E-state index in [2.05, 4.69) is 0 Å². The maximum atomic E-state index is 11.0. The molecule has 22 heavy (non-hydrogen) atoms. The summed E-state index contributed by atoms with van der Waals surface area (Å²) in [7, 11) is 0. The molecule has 8 heteroatoms. The fourth-order valence-corrected chi connectivity index (χ4v) is 1.62. The molecule has 1 aromatic carbocycles. The summed E-state index contributed by atoms with van der Waals surface area (Å²) in [5.41, 5.74) is 12.1. The van der Waals surface area contributed by atoms with Crippen LogP contribution in [0.2, 0.25) is 0 Å². The Kier molecular flexibility index (Phi) is 5.65. The van der Waals surface area contributed by atoms with Crippen molar-refractivity contribution in [1.29, 1.82) is 0 Å². The molecule has 0 amide bonds. The Labute approximate surface area is 125 Å². The first-order valence-corrected chi connectivity index (χ1v) is 6.21. The standard InChI is InChI=1S/C10H9NO2.C4H7NO4/c1-6-4-10(12)13-9-5-7(11)2-3-8(6)9;5-2(4(8)9)1-3(6)7/h2-5H,11H2,1H3;2H,1,5H2,(H,6,7)(H,8,9)/t;2-/m.0/s1. The highest BCUT2D eigenvalue weighted by molar-refractivity contribution is 5.82. The summed E-state index contributed by atoms with van der Waals surface area (Å²) in [6, 6.07) is 5.48. The van der Waals surface area contributed by atoms with Gasteiger partial charge in [0.2, 0.25) is 0 Å². The van der Waals surface area contributed by atoms with Gasteiger partial charge in [0.05, 0.1) is 6.42 Å². The third-order valence-electron chi connectivity index (χ3n) is 2.69. The number of nitrogen functional groups attached to an aromatic ring is 1. The molecule has 2 aromatic rings. The quantitative estimate of drug-likeness (QED) is 0.473. The lowest BCUT2D eigenvalue weighted by atomic mass is 10.1. The molecule has 0 bridgehead atoms. The third-order valence-corrected chi connectivity index (χ3v) is 2.69. The number of carboxylic acid groups (broad SMARTS) is 2. The Morgan fingerprint density at radius 1 is 1.27 bits per heavy atom. The first-order chi connectivity index (χ1) is 10.2. The van der Waals surface area contributed by atoms with Gasteiger partial charge in [-0.15, -0.1) is 0 Å². The van der Waals surface area contributed by atoms with Crippen LogP contribution in [0.4, 0.5) is 5.69 Å². The van der Waals surface area contributed by atoms with E-state index in [1.165, 1.54) is 6.07 Å². The molecule has 0 aliphatic heterocycles. The molecule has 0 fully saturated rings. The van der Waals surface area contributed by atoms with Crippen LogP contribution < -0.4 is 17.1 Å². The summed E-state index contributed by atoms with van der Waals surface area (Å²) in [4.78, 5) is 30.6. The van der Waals surface area contributed by atoms with Crippen molar-refractivity contribution in [3.8, 4) is 0 Å². The summed E-state index contributed by atoms with van der Waals surface area (Å²) in [6.07, 6.45) is -0.532. The van der Waals surface area contributed by atoms with Crippen molar-refractivity contribution in [1.82, 2.24) is 0 Å². The van der Waals surface area contributed by atoms with E-state index in [-0.39, 0.29) is 5.63 Å². The van der Waals surface area contributed by atoms with E-state index in [0.717, 1.165) is 10.9 Å². The van der Waals surface area contributed by atoms with E-state index >= 15 is 0 Å². The molecule has 0 aliphatic carbocycles. The summed E-state index contributed by atoms with van der Waals surface area (Å²) in [6.45, 7) is 1.87. The van der Waals surface area contributed by atoms with Gasteiger partial charge in [-0.25, -0.2) is 4.79 Å². The van der Waals surface area contributed by atoms with E-state index in [1.807, 2.05) is 13.0 Å². The molecule has 1 aromatic heterocycles. The van der Waals surface area contributed by atoms with E-state index in [9.17, 15) is 14.4 Å². The summed E-state index contributed by atoms with van der Waals surface area (Å²) < 4.78 is 4.99. The van der Waals surface area contributed by atoms with Gasteiger partial charge >= 0.3 is 17.6 Å². The predicted molar refractivity (Wildman–Crippen MR) is 79.5 cm³/mol. The molecule has 2 rings (SSSR count). The largest absolute Gasteiger partial charge is 0.481 e. The highest BCUT2D eigenvalue weighted by Gasteiger charge is 2.14. The molecule has 6 N–H and O–H groups in total. The maximum absolute atomic E-state index is 11.0. The van der Waals surface area contributed by atoms with Crippen LogP contribution in [0.25, 0.3) is 11.0 Å². The average Bonchev–Trinajstić information content (AvgIpc) is 2.37. The molecule has 0 spiro atoms. The Hall–Kier alpha value is -2.87. The van der Waals surface area contributed by atoms with Crippen LogP contribution in [-0.2, 0) is 9.59 Å². The van der Waals surface area contributed by atoms with Crippen LogP contribution in [0.1, 0.15) is 12.0 Å². The molecule has 118 valence electrons. The number of hydrogen-bond donors (Lipinski definition) is 4. The first kappa shape index (κ1) is 17.2. The SMILES string of the molecule is Cc1cc(=O)oc2cc(N)ccc12.N[C@@H](CC(=O)O)C(=O)O. The van der Waals surface area contributed by atoms with E-state index in [0.29, 0.717) is 11.3 Å². The lowest BCUT2D eigenvalue weighted by Crippen LogP contribution is -2.32. The minimum Gasteiger partial charge on any atom is -0.481 e. The fourth-order valence-electron chi connectivity index (χ4n) is 1.62. The number of fused-ring (bicyclic) bond motifs is 1. The average molecular weight is 308 g/mol. The van der Waals surface area contributed by atoms with Crippen LogP contribution in [0.15, 0.2) is 33.5 Å². The minimum absolute atomic E-state index is 0.337. The lowest BCUT2D eigenvalue weighted by molar-refractivity contribution is -0.144. The Morgan fingerprint density at radius 3 is 2.41 bits per heavy atom. The number of carbonyl (C=O) groups is 2. The number of aliphatic carboxylic acids is 2. The van der Waals surface area contributed by atoms with Crippen molar-refractivity contribution in [2.45, 2.75) is 19.4 Å². The summed E-state index contributed by atoms with van der Waals surface area (Å²) in [5, 5.41) is 17.0. The van der Waals surface area contributed by atoms with Crippen molar-refractivity contribution >= 4 is 28.6 Å². The zero-order chi connectivity index (χ0) is 16.9. The van der Waals surface area contributed by atoms with Gasteiger partial charge in [-0.1, -0.05) is 0 Å². The van der Waals surface area contributed by atoms with Gasteiger partial charge in [0.25, 0.3) is 0 Å². The lowest BCUT2D eigenvalue weighted by Gasteiger charge is -2.00. The predicted octanol–water partition coefficient (Wildman–Crippen LogP) is 0.557. The van der Waals surface area contributed by atoms with Crippen molar-refractivity contribution in [2.75, 3.05) is 5.73 Å². The Morgan fingerprint density at radius 2 is 1.91 bits per heavy atom. The monoisotopic (exact) mass is 308 g/mol. The Bertz CT molecular complexity index is 753. The van der Waals surface area contributed by atoms with Gasteiger partial charge in [-0.2, -0.15) is 0 Å². The number of hydrogen-bond acceptors (Lipinski definition) is 6. The maximum Gasteiger partial charge on any atom is 0.336 e. The third kappa shape index (κ3) is 4.91. The minimum atomic E-state index is -1.29. The first-order valence-electron chi connectivity index (χ1n) is 6.21. The molecule has 0 unspecified atom stereocenters. The molecule has 0 saturated heterocycles. The van der Waals surface area contributed by atoms with Crippen LogP contribution in [0, 0.1) is 6.92 Å². The highest BCUT2D eigenvalue weighted by Crippen LogP contribution is 2.18. The number of nitrogens with two attached hydrogens (primary N) is 2. The molecule has 0 radical (unpaired) electrons. The zero-order valence-electron chi connectivity index (χ0n) is 11.8. The second-order valence-corrected chi connectivity index (χ2v) is 4.55. The van der Waals surface area contributed by atoms with Gasteiger partial charge in [-0.3, -0.25) is 9.59 Å². The number of rotatable bonds is 3. The molecular formula is C14H16N2O6. The molecule has 8 nitrogen and oxygen atoms in total. The molecular weight excluding hydrogens is 292 g/mol. The zero-order valence-corrected chi connectivity index (χ0v) is 11.8. The van der Waals surface area contributed by atoms with Crippen LogP contribution in [-0.4, -0.2) is 28.2 Å². The topological polar surface area (TPSA) is 157 Å². The summed E-state index contributed by atoms with van der Waals surface area (Å²) in [5.74, 6) is -2.50. The van der Waals surface area contributed by atoms with Crippen molar-refractivity contribution in [3.63, 3.8) is 0 Å². The van der Waals surface area contributed by atoms with Gasteiger partial charge < -0.3 is 26.1 Å². The van der Waals surface area contributed by atoms with E-state index in [4.69, 9.17) is 26.1 Å². The second kappa shape index (κ2) is 7.23. The summed E-state index contributed by atoms with van der Waals surface area (Å²) >= 11 is 0. The normalized spacial score (nSPS) is 11.4. The van der Waals surface area contributed by atoms with Crippen molar-refractivity contribution in [2.24, 2.45) is 5.73 Å². The van der Waals surface area contributed by atoms with E-state index < -0.39 is 24.4 Å². The van der Waals surface area contributed by atoms with Gasteiger partial charge in [-0.05, 0) is 24.6 Å². The van der Waals surface area contributed by atoms with Crippen molar-refractivity contribution in [3.05, 3.63) is 40.2 Å². The molecule has 0 saturated carbocycles. The number of aryl methyl sites for hydroxylation is 1. The van der Waals surface area contributed by atoms with Crippen LogP contribution in [0.5, 0.6) is 0 Å². The number of anilines is 1. The molecule has 1 heterocycles. The van der Waals surface area contributed by atoms with E-state index in [1.54, 1.807) is 12.1 Å². The highest BCUT2D eigenvalue weighted by atomic mass is 16.4.